The zero-order valence-electron chi connectivity index (χ0n) is 19.2. The van der Waals surface area contributed by atoms with Gasteiger partial charge in [-0.2, -0.15) is 8.42 Å². The van der Waals surface area contributed by atoms with Crippen molar-refractivity contribution in [3.63, 3.8) is 0 Å². The Morgan fingerprint density at radius 2 is 1.84 bits per heavy atom. The van der Waals surface area contributed by atoms with Crippen LogP contribution in [0.4, 0.5) is 4.79 Å². The summed E-state index contributed by atoms with van der Waals surface area (Å²) in [4.78, 5) is 14.5. The summed E-state index contributed by atoms with van der Waals surface area (Å²) >= 11 is 0. The number of hydrogen-bond donors (Lipinski definition) is 0. The topological polar surface area (TPSA) is 82.1 Å². The van der Waals surface area contributed by atoms with E-state index in [-0.39, 0.29) is 24.8 Å². The highest BCUT2D eigenvalue weighted by Gasteiger charge is 2.37. The highest BCUT2D eigenvalue weighted by atomic mass is 32.2. The number of carbonyl (C=O) groups is 1. The summed E-state index contributed by atoms with van der Waals surface area (Å²) in [6, 6.07) is 14.4. The Bertz CT molecular complexity index is 1030. The first kappa shape index (κ1) is 24.5. The SMILES string of the molecule is CC(C)(C)OC(=O)N1C[C@@H](OCc2ccc3ccccc3c2)C[C@H]1CCCOS(C)(=O)=O. The predicted octanol–water partition coefficient (Wildman–Crippen LogP) is 4.49. The van der Waals surface area contributed by atoms with Crippen molar-refractivity contribution in [2.45, 2.75) is 64.4 Å². The van der Waals surface area contributed by atoms with E-state index in [4.69, 9.17) is 13.7 Å². The Hall–Kier alpha value is -2.16. The summed E-state index contributed by atoms with van der Waals surface area (Å²) in [6.45, 7) is 6.51. The Morgan fingerprint density at radius 1 is 1.12 bits per heavy atom. The molecule has 0 unspecified atom stereocenters. The quantitative estimate of drug-likeness (QED) is 0.424. The summed E-state index contributed by atoms with van der Waals surface area (Å²) in [5, 5.41) is 2.35. The Balaban J connectivity index is 1.60. The van der Waals surface area contributed by atoms with E-state index in [0.29, 0.717) is 32.4 Å². The molecule has 0 aromatic heterocycles. The van der Waals surface area contributed by atoms with E-state index in [1.807, 2.05) is 32.9 Å². The molecule has 0 N–H and O–H groups in total. The molecule has 3 rings (SSSR count). The smallest absolute Gasteiger partial charge is 0.410 e. The van der Waals surface area contributed by atoms with Crippen LogP contribution in [0.3, 0.4) is 0 Å². The Labute approximate surface area is 190 Å². The second-order valence-corrected chi connectivity index (χ2v) is 10.9. The van der Waals surface area contributed by atoms with Gasteiger partial charge in [-0.1, -0.05) is 36.4 Å². The maximum absolute atomic E-state index is 12.8. The summed E-state index contributed by atoms with van der Waals surface area (Å²) in [6.07, 6.45) is 2.36. The third-order valence-electron chi connectivity index (χ3n) is 5.28. The molecule has 2 atom stereocenters. The van der Waals surface area contributed by atoms with Crippen molar-refractivity contribution < 1.29 is 26.9 Å². The zero-order chi connectivity index (χ0) is 23.4. The minimum Gasteiger partial charge on any atom is -0.444 e. The lowest BCUT2D eigenvalue weighted by molar-refractivity contribution is 0.0144. The van der Waals surface area contributed by atoms with Crippen LogP contribution in [0, 0.1) is 0 Å². The molecular weight excluding hydrogens is 430 g/mol. The molecule has 32 heavy (non-hydrogen) atoms. The number of likely N-dealkylation sites (tertiary alicyclic amines) is 1. The molecule has 1 aliphatic heterocycles. The van der Waals surface area contributed by atoms with Crippen LogP contribution in [0.25, 0.3) is 10.8 Å². The fourth-order valence-electron chi connectivity index (χ4n) is 3.88. The number of rotatable bonds is 8. The fraction of sp³-hybridized carbons (Fsp3) is 0.542. The maximum Gasteiger partial charge on any atom is 0.410 e. The lowest BCUT2D eigenvalue weighted by Gasteiger charge is -2.28. The van der Waals surface area contributed by atoms with Crippen molar-refractivity contribution >= 4 is 27.0 Å². The largest absolute Gasteiger partial charge is 0.444 e. The van der Waals surface area contributed by atoms with Crippen LogP contribution in [0.5, 0.6) is 0 Å². The van der Waals surface area contributed by atoms with Gasteiger partial charge in [0.1, 0.15) is 5.60 Å². The average Bonchev–Trinajstić information content (AvgIpc) is 3.11. The fourth-order valence-corrected chi connectivity index (χ4v) is 4.30. The monoisotopic (exact) mass is 463 g/mol. The number of hydrogen-bond acceptors (Lipinski definition) is 6. The molecule has 0 aliphatic carbocycles. The molecule has 2 aromatic rings. The molecule has 8 heteroatoms. The van der Waals surface area contributed by atoms with Crippen molar-refractivity contribution in [3.05, 3.63) is 48.0 Å². The van der Waals surface area contributed by atoms with Crippen LogP contribution in [0.15, 0.2) is 42.5 Å². The lowest BCUT2D eigenvalue weighted by Crippen LogP contribution is -2.40. The van der Waals surface area contributed by atoms with Crippen LogP contribution in [-0.4, -0.2) is 56.6 Å². The molecule has 1 aliphatic rings. The van der Waals surface area contributed by atoms with Crippen molar-refractivity contribution in [1.82, 2.24) is 4.90 Å². The van der Waals surface area contributed by atoms with Crippen LogP contribution >= 0.6 is 0 Å². The molecule has 0 radical (unpaired) electrons. The van der Waals surface area contributed by atoms with Gasteiger partial charge in [0.2, 0.25) is 0 Å². The Kier molecular flexibility index (Phi) is 7.79. The van der Waals surface area contributed by atoms with Gasteiger partial charge >= 0.3 is 6.09 Å². The maximum atomic E-state index is 12.8. The first-order valence-corrected chi connectivity index (χ1v) is 12.8. The van der Waals surface area contributed by atoms with Gasteiger partial charge < -0.3 is 14.4 Å². The van der Waals surface area contributed by atoms with Gasteiger partial charge in [-0.25, -0.2) is 4.79 Å². The number of nitrogens with zero attached hydrogens (tertiary/aromatic N) is 1. The van der Waals surface area contributed by atoms with Gasteiger partial charge in [-0.3, -0.25) is 4.18 Å². The molecule has 176 valence electrons. The summed E-state index contributed by atoms with van der Waals surface area (Å²) in [5.74, 6) is 0. The van der Waals surface area contributed by atoms with Gasteiger partial charge in [0.25, 0.3) is 10.1 Å². The first-order chi connectivity index (χ1) is 15.0. The first-order valence-electron chi connectivity index (χ1n) is 10.9. The summed E-state index contributed by atoms with van der Waals surface area (Å²) in [7, 11) is -3.47. The van der Waals surface area contributed by atoms with Gasteiger partial charge in [0.15, 0.2) is 0 Å². The van der Waals surface area contributed by atoms with Gasteiger partial charge in [-0.15, -0.1) is 0 Å². The number of carbonyl (C=O) groups excluding carboxylic acids is 1. The lowest BCUT2D eigenvalue weighted by atomic mass is 10.1. The van der Waals surface area contributed by atoms with Crippen LogP contribution < -0.4 is 0 Å². The average molecular weight is 464 g/mol. The molecule has 1 amide bonds. The third kappa shape index (κ3) is 7.46. The number of benzene rings is 2. The van der Waals surface area contributed by atoms with Crippen molar-refractivity contribution in [2.75, 3.05) is 19.4 Å². The molecule has 1 saturated heterocycles. The number of amides is 1. The van der Waals surface area contributed by atoms with E-state index < -0.39 is 15.7 Å². The van der Waals surface area contributed by atoms with E-state index in [1.165, 1.54) is 10.8 Å². The van der Waals surface area contributed by atoms with Crippen LogP contribution in [0.1, 0.15) is 45.6 Å². The highest BCUT2D eigenvalue weighted by molar-refractivity contribution is 7.85. The number of ether oxygens (including phenoxy) is 2. The van der Waals surface area contributed by atoms with Crippen molar-refractivity contribution in [2.24, 2.45) is 0 Å². The molecule has 0 bridgehead atoms. The van der Waals surface area contributed by atoms with Gasteiger partial charge in [0, 0.05) is 6.04 Å². The van der Waals surface area contributed by atoms with E-state index in [0.717, 1.165) is 11.8 Å². The van der Waals surface area contributed by atoms with Crippen LogP contribution in [0.2, 0.25) is 0 Å². The second-order valence-electron chi connectivity index (χ2n) is 9.31. The summed E-state index contributed by atoms with van der Waals surface area (Å²) < 4.78 is 38.9. The normalized spacial score (nSPS) is 19.4. The summed E-state index contributed by atoms with van der Waals surface area (Å²) in [5.41, 5.74) is 0.489. The van der Waals surface area contributed by atoms with E-state index in [9.17, 15) is 13.2 Å². The van der Waals surface area contributed by atoms with Gasteiger partial charge in [0.05, 0.1) is 32.1 Å². The highest BCUT2D eigenvalue weighted by Crippen LogP contribution is 2.27. The second kappa shape index (κ2) is 10.2. The van der Waals surface area contributed by atoms with E-state index in [2.05, 4.69) is 30.3 Å². The minimum atomic E-state index is -3.47. The molecule has 1 fully saturated rings. The van der Waals surface area contributed by atoms with Crippen molar-refractivity contribution in [3.8, 4) is 0 Å². The minimum absolute atomic E-state index is 0.0883. The van der Waals surface area contributed by atoms with Crippen LogP contribution in [-0.2, 0) is 30.4 Å². The predicted molar refractivity (Wildman–Crippen MR) is 124 cm³/mol. The standard InChI is InChI=1S/C24H33NO6S/c1-24(2,3)31-23(26)25-16-22(15-21(25)10-7-13-30-32(4,27)28)29-17-18-11-12-19-8-5-6-9-20(19)14-18/h5-6,8-9,11-12,14,21-22H,7,10,13,15-17H2,1-4H3/t21-,22+/m1/s1. The van der Waals surface area contributed by atoms with E-state index in [1.54, 1.807) is 4.90 Å². The third-order valence-corrected chi connectivity index (χ3v) is 5.88. The number of fused-ring (bicyclic) bond motifs is 1. The molecule has 1 heterocycles. The zero-order valence-corrected chi connectivity index (χ0v) is 20.1. The van der Waals surface area contributed by atoms with E-state index >= 15 is 0 Å². The molecule has 7 nitrogen and oxygen atoms in total. The molecule has 0 spiro atoms. The Morgan fingerprint density at radius 3 is 2.53 bits per heavy atom. The van der Waals surface area contributed by atoms with Crippen molar-refractivity contribution in [1.29, 1.82) is 0 Å². The molecule has 0 saturated carbocycles. The molecule has 2 aromatic carbocycles. The van der Waals surface area contributed by atoms with Gasteiger partial charge in [-0.05, 0) is 62.4 Å². The molecular formula is C24H33NO6S.